The SMILES string of the molecule is CCCn1c(CN)nnc1SC(C)C(=O)NC(C)C. The van der Waals surface area contributed by atoms with E-state index in [0.717, 1.165) is 23.9 Å². The smallest absolute Gasteiger partial charge is 0.233 e. The lowest BCUT2D eigenvalue weighted by molar-refractivity contribution is -0.120. The van der Waals surface area contributed by atoms with Gasteiger partial charge in [-0.3, -0.25) is 4.79 Å². The number of nitrogens with zero attached hydrogens (tertiary/aromatic N) is 3. The van der Waals surface area contributed by atoms with E-state index in [1.165, 1.54) is 11.8 Å². The molecule has 0 bridgehead atoms. The Morgan fingerprint density at radius 3 is 2.63 bits per heavy atom. The summed E-state index contributed by atoms with van der Waals surface area (Å²) in [7, 11) is 0. The average molecular weight is 285 g/mol. The monoisotopic (exact) mass is 285 g/mol. The Labute approximate surface area is 118 Å². The normalized spacial score (nSPS) is 12.7. The van der Waals surface area contributed by atoms with Crippen molar-refractivity contribution in [2.45, 2.75) is 63.7 Å². The van der Waals surface area contributed by atoms with Crippen molar-refractivity contribution in [3.63, 3.8) is 0 Å². The van der Waals surface area contributed by atoms with Crippen molar-refractivity contribution in [1.82, 2.24) is 20.1 Å². The maximum atomic E-state index is 11.9. The topological polar surface area (TPSA) is 85.8 Å². The summed E-state index contributed by atoms with van der Waals surface area (Å²) < 4.78 is 1.99. The zero-order chi connectivity index (χ0) is 14.4. The molecule has 1 aromatic heterocycles. The van der Waals surface area contributed by atoms with Crippen molar-refractivity contribution in [3.05, 3.63) is 5.82 Å². The fourth-order valence-corrected chi connectivity index (χ4v) is 2.52. The second-order valence-corrected chi connectivity index (χ2v) is 5.99. The number of nitrogens with two attached hydrogens (primary N) is 1. The first-order valence-corrected chi connectivity index (χ1v) is 7.46. The summed E-state index contributed by atoms with van der Waals surface area (Å²) in [6, 6.07) is 0.142. The van der Waals surface area contributed by atoms with Crippen LogP contribution in [0.1, 0.15) is 39.9 Å². The van der Waals surface area contributed by atoms with E-state index in [4.69, 9.17) is 5.73 Å². The van der Waals surface area contributed by atoms with Crippen LogP contribution < -0.4 is 11.1 Å². The van der Waals surface area contributed by atoms with Gasteiger partial charge < -0.3 is 15.6 Å². The van der Waals surface area contributed by atoms with Crippen LogP contribution in [0, 0.1) is 0 Å². The van der Waals surface area contributed by atoms with Gasteiger partial charge in [0.05, 0.1) is 11.8 Å². The van der Waals surface area contributed by atoms with Gasteiger partial charge in [-0.2, -0.15) is 0 Å². The molecule has 6 nitrogen and oxygen atoms in total. The van der Waals surface area contributed by atoms with E-state index in [2.05, 4.69) is 22.4 Å². The molecular weight excluding hydrogens is 262 g/mol. The molecule has 0 aliphatic carbocycles. The standard InChI is InChI=1S/C12H23N5OS/c1-5-6-17-10(7-13)15-16-12(17)19-9(4)11(18)14-8(2)3/h8-9H,5-7,13H2,1-4H3,(H,14,18). The Morgan fingerprint density at radius 2 is 2.11 bits per heavy atom. The van der Waals surface area contributed by atoms with Crippen LogP contribution in [0.2, 0.25) is 0 Å². The zero-order valence-electron chi connectivity index (χ0n) is 12.0. The number of amides is 1. The molecule has 0 aromatic carbocycles. The molecule has 19 heavy (non-hydrogen) atoms. The summed E-state index contributed by atoms with van der Waals surface area (Å²) in [6.07, 6.45) is 0.977. The summed E-state index contributed by atoms with van der Waals surface area (Å²) in [5.74, 6) is 0.779. The van der Waals surface area contributed by atoms with Gasteiger partial charge in [0.25, 0.3) is 0 Å². The summed E-state index contributed by atoms with van der Waals surface area (Å²) in [6.45, 7) is 9.03. The van der Waals surface area contributed by atoms with Gasteiger partial charge in [0, 0.05) is 12.6 Å². The highest BCUT2D eigenvalue weighted by Crippen LogP contribution is 2.22. The first kappa shape index (κ1) is 16.0. The van der Waals surface area contributed by atoms with Gasteiger partial charge in [0.2, 0.25) is 5.91 Å². The van der Waals surface area contributed by atoms with Crippen LogP contribution in [-0.2, 0) is 17.9 Å². The van der Waals surface area contributed by atoms with Crippen LogP contribution in [-0.4, -0.2) is 32.0 Å². The molecule has 1 rings (SSSR count). The van der Waals surface area contributed by atoms with Crippen molar-refractivity contribution >= 4 is 17.7 Å². The fraction of sp³-hybridized carbons (Fsp3) is 0.750. The minimum absolute atomic E-state index is 0.0142. The van der Waals surface area contributed by atoms with Gasteiger partial charge in [-0.05, 0) is 27.2 Å². The fourth-order valence-electron chi connectivity index (χ4n) is 1.62. The van der Waals surface area contributed by atoms with Crippen molar-refractivity contribution in [1.29, 1.82) is 0 Å². The molecule has 0 aliphatic heterocycles. The lowest BCUT2D eigenvalue weighted by Gasteiger charge is -2.14. The molecule has 7 heteroatoms. The average Bonchev–Trinajstić information content (AvgIpc) is 2.71. The van der Waals surface area contributed by atoms with E-state index in [1.54, 1.807) is 0 Å². The van der Waals surface area contributed by atoms with Gasteiger partial charge in [-0.25, -0.2) is 0 Å². The molecular formula is C12H23N5OS. The molecule has 1 aromatic rings. The highest BCUT2D eigenvalue weighted by molar-refractivity contribution is 8.00. The predicted molar refractivity (Wildman–Crippen MR) is 76.8 cm³/mol. The first-order chi connectivity index (χ1) is 8.99. The zero-order valence-corrected chi connectivity index (χ0v) is 12.8. The quantitative estimate of drug-likeness (QED) is 0.734. The predicted octanol–water partition coefficient (Wildman–Crippen LogP) is 1.15. The van der Waals surface area contributed by atoms with E-state index >= 15 is 0 Å². The molecule has 108 valence electrons. The van der Waals surface area contributed by atoms with E-state index < -0.39 is 0 Å². The van der Waals surface area contributed by atoms with Crippen LogP contribution in [0.15, 0.2) is 5.16 Å². The maximum Gasteiger partial charge on any atom is 0.233 e. The molecule has 1 unspecified atom stereocenters. The highest BCUT2D eigenvalue weighted by Gasteiger charge is 2.19. The molecule has 0 saturated carbocycles. The minimum atomic E-state index is -0.201. The second kappa shape index (κ2) is 7.49. The molecule has 0 radical (unpaired) electrons. The Balaban J connectivity index is 2.75. The van der Waals surface area contributed by atoms with Gasteiger partial charge >= 0.3 is 0 Å². The summed E-state index contributed by atoms with van der Waals surface area (Å²) in [4.78, 5) is 11.9. The number of thioether (sulfide) groups is 1. The van der Waals surface area contributed by atoms with Gasteiger partial charge in [0.1, 0.15) is 5.82 Å². The number of carbonyl (C=O) groups is 1. The molecule has 1 atom stereocenters. The molecule has 0 saturated heterocycles. The third-order valence-corrected chi connectivity index (χ3v) is 3.59. The van der Waals surface area contributed by atoms with Crippen molar-refractivity contribution in [3.8, 4) is 0 Å². The number of hydrogen-bond donors (Lipinski definition) is 2. The lowest BCUT2D eigenvalue weighted by atomic mass is 10.3. The molecule has 0 spiro atoms. The number of hydrogen-bond acceptors (Lipinski definition) is 5. The third kappa shape index (κ3) is 4.50. The summed E-state index contributed by atoms with van der Waals surface area (Å²) in [5, 5.41) is 11.6. The number of rotatable bonds is 7. The van der Waals surface area contributed by atoms with Crippen LogP contribution in [0.3, 0.4) is 0 Å². The highest BCUT2D eigenvalue weighted by atomic mass is 32.2. The van der Waals surface area contributed by atoms with Gasteiger partial charge in [0.15, 0.2) is 5.16 Å². The maximum absolute atomic E-state index is 11.9. The van der Waals surface area contributed by atoms with Crippen LogP contribution >= 0.6 is 11.8 Å². The molecule has 1 heterocycles. The van der Waals surface area contributed by atoms with Crippen molar-refractivity contribution < 1.29 is 4.79 Å². The van der Waals surface area contributed by atoms with Gasteiger partial charge in [-0.15, -0.1) is 10.2 Å². The Hall–Kier alpha value is -1.08. The molecule has 0 aliphatic rings. The van der Waals surface area contributed by atoms with Crippen molar-refractivity contribution in [2.75, 3.05) is 0 Å². The van der Waals surface area contributed by atoms with Gasteiger partial charge in [-0.1, -0.05) is 18.7 Å². The minimum Gasteiger partial charge on any atom is -0.353 e. The Kier molecular flexibility index (Phi) is 6.30. The molecule has 1 amide bonds. The Bertz CT molecular complexity index is 418. The van der Waals surface area contributed by atoms with Crippen LogP contribution in [0.4, 0.5) is 0 Å². The number of aromatic nitrogens is 3. The summed E-state index contributed by atoms with van der Waals surface area (Å²) >= 11 is 1.42. The van der Waals surface area contributed by atoms with Crippen molar-refractivity contribution in [2.24, 2.45) is 5.73 Å². The largest absolute Gasteiger partial charge is 0.353 e. The Morgan fingerprint density at radius 1 is 1.42 bits per heavy atom. The first-order valence-electron chi connectivity index (χ1n) is 6.58. The lowest BCUT2D eigenvalue weighted by Crippen LogP contribution is -2.36. The summed E-state index contributed by atoms with van der Waals surface area (Å²) in [5.41, 5.74) is 5.64. The number of nitrogens with one attached hydrogen (secondary N) is 1. The second-order valence-electron chi connectivity index (χ2n) is 4.68. The third-order valence-electron chi connectivity index (χ3n) is 2.51. The van der Waals surface area contributed by atoms with E-state index in [9.17, 15) is 4.79 Å². The molecule has 3 N–H and O–H groups in total. The van der Waals surface area contributed by atoms with Crippen LogP contribution in [0.25, 0.3) is 0 Å². The molecule has 0 fully saturated rings. The van der Waals surface area contributed by atoms with E-state index in [0.29, 0.717) is 6.54 Å². The number of carbonyl (C=O) groups excluding carboxylic acids is 1. The van der Waals surface area contributed by atoms with E-state index in [1.807, 2.05) is 25.3 Å². The van der Waals surface area contributed by atoms with E-state index in [-0.39, 0.29) is 17.2 Å². The van der Waals surface area contributed by atoms with Crippen LogP contribution in [0.5, 0.6) is 0 Å².